The van der Waals surface area contributed by atoms with Crippen molar-refractivity contribution >= 4 is 28.2 Å². The number of aryl methyl sites for hydroxylation is 1. The van der Waals surface area contributed by atoms with Gasteiger partial charge >= 0.3 is 0 Å². The van der Waals surface area contributed by atoms with E-state index in [-0.39, 0.29) is 5.91 Å². The van der Waals surface area contributed by atoms with Crippen molar-refractivity contribution in [2.45, 2.75) is 13.8 Å². The van der Waals surface area contributed by atoms with Crippen molar-refractivity contribution in [3.05, 3.63) is 54.2 Å². The van der Waals surface area contributed by atoms with Gasteiger partial charge in [0.15, 0.2) is 0 Å². The summed E-state index contributed by atoms with van der Waals surface area (Å²) in [5.74, 6) is -0.0780. The van der Waals surface area contributed by atoms with E-state index in [1.54, 1.807) is 0 Å². The first-order chi connectivity index (χ1) is 10.5. The number of hydrogen-bond acceptors (Lipinski definition) is 3. The number of nitrogen functional groups attached to an aromatic ring is 1. The molecular formula is C18H17N3O. The molecule has 2 aromatic carbocycles. The first-order valence-electron chi connectivity index (χ1n) is 7.08. The summed E-state index contributed by atoms with van der Waals surface area (Å²) >= 11 is 0. The van der Waals surface area contributed by atoms with Crippen molar-refractivity contribution in [2.24, 2.45) is 0 Å². The molecule has 0 aliphatic rings. The fraction of sp³-hybridized carbons (Fsp3) is 0.111. The largest absolute Gasteiger partial charge is 0.399 e. The molecule has 3 aromatic rings. The molecule has 3 rings (SSSR count). The lowest BCUT2D eigenvalue weighted by atomic mass is 9.99. The van der Waals surface area contributed by atoms with Crippen molar-refractivity contribution in [1.82, 2.24) is 4.98 Å². The molecular weight excluding hydrogens is 274 g/mol. The summed E-state index contributed by atoms with van der Waals surface area (Å²) in [6.07, 6.45) is 0. The predicted octanol–water partition coefficient (Wildman–Crippen LogP) is 3.75. The molecule has 0 atom stereocenters. The van der Waals surface area contributed by atoms with Gasteiger partial charge in [0.05, 0.1) is 5.52 Å². The standard InChI is InChI=1S/C18H17N3O/c1-11-9-16(17-10-14(19)5-8-18(17)20-11)13-3-6-15(7-4-13)21-12(2)22/h3-10H,19H2,1-2H3,(H,21,22). The number of amides is 1. The van der Waals surface area contributed by atoms with Gasteiger partial charge in [-0.15, -0.1) is 0 Å². The van der Waals surface area contributed by atoms with Crippen LogP contribution in [0.2, 0.25) is 0 Å². The number of anilines is 2. The number of carbonyl (C=O) groups excluding carboxylic acids is 1. The van der Waals surface area contributed by atoms with Crippen LogP contribution in [0.3, 0.4) is 0 Å². The first kappa shape index (κ1) is 14.1. The molecule has 0 spiro atoms. The fourth-order valence-corrected chi connectivity index (χ4v) is 2.55. The van der Waals surface area contributed by atoms with Gasteiger partial charge in [-0.25, -0.2) is 0 Å². The molecule has 4 heteroatoms. The van der Waals surface area contributed by atoms with E-state index < -0.39 is 0 Å². The summed E-state index contributed by atoms with van der Waals surface area (Å²) in [5, 5.41) is 3.80. The Morgan fingerprint density at radius 2 is 1.82 bits per heavy atom. The van der Waals surface area contributed by atoms with Gasteiger partial charge < -0.3 is 11.1 Å². The second-order valence-electron chi connectivity index (χ2n) is 5.35. The molecule has 0 radical (unpaired) electrons. The summed E-state index contributed by atoms with van der Waals surface area (Å²) in [4.78, 5) is 15.6. The Balaban J connectivity index is 2.12. The van der Waals surface area contributed by atoms with E-state index >= 15 is 0 Å². The molecule has 0 saturated heterocycles. The Hall–Kier alpha value is -2.88. The van der Waals surface area contributed by atoms with Crippen molar-refractivity contribution in [3.8, 4) is 11.1 Å². The van der Waals surface area contributed by atoms with Crippen molar-refractivity contribution < 1.29 is 4.79 Å². The molecule has 0 aliphatic heterocycles. The monoisotopic (exact) mass is 291 g/mol. The SMILES string of the molecule is CC(=O)Nc1ccc(-c2cc(C)nc3ccc(N)cc23)cc1. The zero-order valence-corrected chi connectivity index (χ0v) is 12.6. The molecule has 0 fully saturated rings. The number of fused-ring (bicyclic) bond motifs is 1. The summed E-state index contributed by atoms with van der Waals surface area (Å²) in [5.41, 5.74) is 11.4. The number of pyridine rings is 1. The van der Waals surface area contributed by atoms with E-state index in [9.17, 15) is 4.79 Å². The van der Waals surface area contributed by atoms with Crippen LogP contribution in [0.4, 0.5) is 11.4 Å². The molecule has 110 valence electrons. The van der Waals surface area contributed by atoms with Crippen LogP contribution in [-0.4, -0.2) is 10.9 Å². The Bertz CT molecular complexity index is 854. The number of carbonyl (C=O) groups is 1. The fourth-order valence-electron chi connectivity index (χ4n) is 2.55. The Morgan fingerprint density at radius 1 is 1.09 bits per heavy atom. The van der Waals surface area contributed by atoms with Crippen LogP contribution < -0.4 is 11.1 Å². The van der Waals surface area contributed by atoms with Crippen molar-refractivity contribution in [1.29, 1.82) is 0 Å². The van der Waals surface area contributed by atoms with E-state index in [1.165, 1.54) is 6.92 Å². The van der Waals surface area contributed by atoms with Gasteiger partial charge in [0.1, 0.15) is 0 Å². The van der Waals surface area contributed by atoms with Gasteiger partial charge in [0.2, 0.25) is 5.91 Å². The van der Waals surface area contributed by atoms with Crippen molar-refractivity contribution in [2.75, 3.05) is 11.1 Å². The average molecular weight is 291 g/mol. The molecule has 1 amide bonds. The lowest BCUT2D eigenvalue weighted by Crippen LogP contribution is -2.05. The van der Waals surface area contributed by atoms with E-state index in [4.69, 9.17) is 5.73 Å². The first-order valence-corrected chi connectivity index (χ1v) is 7.08. The van der Waals surface area contributed by atoms with Gasteiger partial charge in [-0.3, -0.25) is 9.78 Å². The minimum Gasteiger partial charge on any atom is -0.399 e. The van der Waals surface area contributed by atoms with E-state index in [0.29, 0.717) is 5.69 Å². The summed E-state index contributed by atoms with van der Waals surface area (Å²) in [7, 11) is 0. The van der Waals surface area contributed by atoms with Crippen LogP contribution >= 0.6 is 0 Å². The Labute approximate surface area is 129 Å². The van der Waals surface area contributed by atoms with Crippen LogP contribution in [0.15, 0.2) is 48.5 Å². The van der Waals surface area contributed by atoms with E-state index in [2.05, 4.69) is 16.4 Å². The van der Waals surface area contributed by atoms with Gasteiger partial charge in [-0.2, -0.15) is 0 Å². The van der Waals surface area contributed by atoms with Crippen LogP contribution in [0.5, 0.6) is 0 Å². The summed E-state index contributed by atoms with van der Waals surface area (Å²) < 4.78 is 0. The van der Waals surface area contributed by atoms with Crippen molar-refractivity contribution in [3.63, 3.8) is 0 Å². The third-order valence-electron chi connectivity index (χ3n) is 3.48. The molecule has 0 saturated carbocycles. The van der Waals surface area contributed by atoms with Crippen LogP contribution in [0.1, 0.15) is 12.6 Å². The van der Waals surface area contributed by atoms with E-state index in [1.807, 2.05) is 49.4 Å². The highest BCUT2D eigenvalue weighted by atomic mass is 16.1. The molecule has 4 nitrogen and oxygen atoms in total. The highest BCUT2D eigenvalue weighted by Gasteiger charge is 2.07. The number of hydrogen-bond donors (Lipinski definition) is 2. The average Bonchev–Trinajstić information content (AvgIpc) is 2.47. The van der Waals surface area contributed by atoms with Gasteiger partial charge in [-0.05, 0) is 54.4 Å². The normalized spacial score (nSPS) is 10.6. The number of rotatable bonds is 2. The summed E-state index contributed by atoms with van der Waals surface area (Å²) in [6.45, 7) is 3.47. The molecule has 1 aromatic heterocycles. The number of nitrogens with zero attached hydrogens (tertiary/aromatic N) is 1. The maximum Gasteiger partial charge on any atom is 0.221 e. The molecule has 0 bridgehead atoms. The quantitative estimate of drug-likeness (QED) is 0.706. The lowest BCUT2D eigenvalue weighted by molar-refractivity contribution is -0.114. The molecule has 22 heavy (non-hydrogen) atoms. The number of nitrogens with one attached hydrogen (secondary N) is 1. The number of benzene rings is 2. The molecule has 3 N–H and O–H groups in total. The van der Waals surface area contributed by atoms with E-state index in [0.717, 1.165) is 33.4 Å². The number of nitrogens with two attached hydrogens (primary N) is 1. The number of aromatic nitrogens is 1. The Morgan fingerprint density at radius 3 is 2.50 bits per heavy atom. The zero-order chi connectivity index (χ0) is 15.7. The maximum atomic E-state index is 11.1. The third-order valence-corrected chi connectivity index (χ3v) is 3.48. The summed E-state index contributed by atoms with van der Waals surface area (Å²) in [6, 6.07) is 15.6. The second-order valence-corrected chi connectivity index (χ2v) is 5.35. The van der Waals surface area contributed by atoms with Crippen LogP contribution in [0.25, 0.3) is 22.0 Å². The molecule has 0 aliphatic carbocycles. The highest BCUT2D eigenvalue weighted by Crippen LogP contribution is 2.30. The van der Waals surface area contributed by atoms with Gasteiger partial charge in [0.25, 0.3) is 0 Å². The maximum absolute atomic E-state index is 11.1. The Kier molecular flexibility index (Phi) is 3.51. The predicted molar refractivity (Wildman–Crippen MR) is 90.6 cm³/mol. The lowest BCUT2D eigenvalue weighted by Gasteiger charge is -2.10. The highest BCUT2D eigenvalue weighted by molar-refractivity contribution is 5.97. The topological polar surface area (TPSA) is 68.0 Å². The molecule has 1 heterocycles. The smallest absolute Gasteiger partial charge is 0.221 e. The zero-order valence-electron chi connectivity index (χ0n) is 12.6. The molecule has 0 unspecified atom stereocenters. The minimum absolute atomic E-state index is 0.0780. The second kappa shape index (κ2) is 5.48. The van der Waals surface area contributed by atoms with Crippen LogP contribution in [-0.2, 0) is 4.79 Å². The third kappa shape index (κ3) is 2.76. The van der Waals surface area contributed by atoms with Gasteiger partial charge in [-0.1, -0.05) is 12.1 Å². The van der Waals surface area contributed by atoms with Crippen LogP contribution in [0, 0.1) is 6.92 Å². The van der Waals surface area contributed by atoms with Gasteiger partial charge in [0, 0.05) is 29.4 Å². The minimum atomic E-state index is -0.0780.